The van der Waals surface area contributed by atoms with E-state index in [1.165, 1.54) is 39.9 Å². The van der Waals surface area contributed by atoms with Gasteiger partial charge in [0.25, 0.3) is 0 Å². The number of fused-ring (bicyclic) bond motifs is 1. The van der Waals surface area contributed by atoms with Gasteiger partial charge in [-0.2, -0.15) is 0 Å². The van der Waals surface area contributed by atoms with E-state index in [1.807, 2.05) is 0 Å². The first kappa shape index (κ1) is 17.1. The summed E-state index contributed by atoms with van der Waals surface area (Å²) in [6, 6.07) is 20.5. The highest BCUT2D eigenvalue weighted by Gasteiger charge is 2.27. The third-order valence-electron chi connectivity index (χ3n) is 5.75. The summed E-state index contributed by atoms with van der Waals surface area (Å²) in [6.45, 7) is 9.87. The summed E-state index contributed by atoms with van der Waals surface area (Å²) in [5.41, 5.74) is 8.39. The van der Waals surface area contributed by atoms with Crippen LogP contribution in [0.3, 0.4) is 0 Å². The summed E-state index contributed by atoms with van der Waals surface area (Å²) in [7, 11) is 0. The molecule has 0 spiro atoms. The van der Waals surface area contributed by atoms with E-state index in [4.69, 9.17) is 0 Å². The molecule has 0 aliphatic carbocycles. The molecule has 2 aromatic carbocycles. The number of nitrogens with zero attached hydrogens (tertiary/aromatic N) is 2. The Balaban J connectivity index is 1.77. The molecule has 0 bridgehead atoms. The summed E-state index contributed by atoms with van der Waals surface area (Å²) in [6.07, 6.45) is 3.42. The van der Waals surface area contributed by atoms with Gasteiger partial charge < -0.3 is 4.57 Å². The second kappa shape index (κ2) is 7.13. The molecule has 0 fully saturated rings. The molecule has 1 atom stereocenters. The highest BCUT2D eigenvalue weighted by atomic mass is 15.2. The van der Waals surface area contributed by atoms with E-state index in [-0.39, 0.29) is 0 Å². The minimum Gasteiger partial charge on any atom is -0.350 e. The Morgan fingerprint density at radius 3 is 2.31 bits per heavy atom. The van der Waals surface area contributed by atoms with Crippen molar-refractivity contribution in [2.45, 2.75) is 46.3 Å². The zero-order chi connectivity index (χ0) is 18.1. The standard InChI is InChI=1S/C24H28N2/c1-18-10-12-21(13-11-18)24-23-9-5-14-25(23)15-6-16-26(24)17-22-19(2)7-4-8-20(22)3/h4-5,7-14,24H,6,15-17H2,1-3H3/t24-/m1/s1. The molecule has 0 saturated carbocycles. The second-order valence-electron chi connectivity index (χ2n) is 7.63. The van der Waals surface area contributed by atoms with Gasteiger partial charge >= 0.3 is 0 Å². The van der Waals surface area contributed by atoms with Crippen LogP contribution in [0.5, 0.6) is 0 Å². The van der Waals surface area contributed by atoms with Crippen LogP contribution in [-0.4, -0.2) is 16.0 Å². The molecule has 4 rings (SSSR count). The molecule has 3 aromatic rings. The summed E-state index contributed by atoms with van der Waals surface area (Å²) >= 11 is 0. The van der Waals surface area contributed by atoms with Gasteiger partial charge in [-0.15, -0.1) is 0 Å². The lowest BCUT2D eigenvalue weighted by molar-refractivity contribution is 0.219. The van der Waals surface area contributed by atoms with Gasteiger partial charge in [-0.1, -0.05) is 48.0 Å². The van der Waals surface area contributed by atoms with Gasteiger partial charge in [0.2, 0.25) is 0 Å². The first-order valence-corrected chi connectivity index (χ1v) is 9.64. The lowest BCUT2D eigenvalue weighted by Gasteiger charge is -2.31. The van der Waals surface area contributed by atoms with E-state index >= 15 is 0 Å². The monoisotopic (exact) mass is 344 g/mol. The lowest BCUT2D eigenvalue weighted by Crippen LogP contribution is -2.30. The van der Waals surface area contributed by atoms with Crippen molar-refractivity contribution in [2.24, 2.45) is 0 Å². The summed E-state index contributed by atoms with van der Waals surface area (Å²) in [4.78, 5) is 2.67. The minimum absolute atomic E-state index is 0.312. The molecular weight excluding hydrogens is 316 g/mol. The fourth-order valence-electron chi connectivity index (χ4n) is 4.24. The van der Waals surface area contributed by atoms with Crippen molar-refractivity contribution in [3.05, 3.63) is 94.3 Å². The van der Waals surface area contributed by atoms with Crippen molar-refractivity contribution in [3.63, 3.8) is 0 Å². The third kappa shape index (κ3) is 3.22. The third-order valence-corrected chi connectivity index (χ3v) is 5.75. The van der Waals surface area contributed by atoms with Gasteiger partial charge in [0.05, 0.1) is 6.04 Å². The Kier molecular flexibility index (Phi) is 4.69. The smallest absolute Gasteiger partial charge is 0.0759 e. The van der Waals surface area contributed by atoms with Crippen LogP contribution in [0.15, 0.2) is 60.8 Å². The van der Waals surface area contributed by atoms with Crippen molar-refractivity contribution in [3.8, 4) is 0 Å². The Bertz CT molecular complexity index is 869. The predicted molar refractivity (Wildman–Crippen MR) is 108 cm³/mol. The fraction of sp³-hybridized carbons (Fsp3) is 0.333. The quantitative estimate of drug-likeness (QED) is 0.617. The Morgan fingerprint density at radius 2 is 1.58 bits per heavy atom. The first-order chi connectivity index (χ1) is 12.6. The maximum atomic E-state index is 2.67. The normalized spacial score (nSPS) is 17.7. The fourth-order valence-corrected chi connectivity index (χ4v) is 4.24. The summed E-state index contributed by atoms with van der Waals surface area (Å²) < 4.78 is 2.44. The number of rotatable bonds is 3. The van der Waals surface area contributed by atoms with E-state index in [1.54, 1.807) is 0 Å². The summed E-state index contributed by atoms with van der Waals surface area (Å²) in [5.74, 6) is 0. The van der Waals surface area contributed by atoms with E-state index in [2.05, 4.69) is 91.0 Å². The molecule has 0 N–H and O–H groups in total. The number of hydrogen-bond acceptors (Lipinski definition) is 1. The Morgan fingerprint density at radius 1 is 0.846 bits per heavy atom. The molecule has 0 amide bonds. The average Bonchev–Trinajstić information content (AvgIpc) is 3.01. The van der Waals surface area contributed by atoms with Gasteiger partial charge in [-0.25, -0.2) is 0 Å². The maximum Gasteiger partial charge on any atom is 0.0759 e. The highest BCUT2D eigenvalue weighted by molar-refractivity contribution is 5.36. The molecule has 2 nitrogen and oxygen atoms in total. The molecule has 0 saturated heterocycles. The van der Waals surface area contributed by atoms with Crippen LogP contribution >= 0.6 is 0 Å². The molecule has 134 valence electrons. The molecule has 26 heavy (non-hydrogen) atoms. The van der Waals surface area contributed by atoms with Gasteiger partial charge in [-0.05, 0) is 61.6 Å². The van der Waals surface area contributed by atoms with E-state index in [0.29, 0.717) is 6.04 Å². The van der Waals surface area contributed by atoms with Crippen LogP contribution in [0.1, 0.15) is 46.0 Å². The molecule has 1 aliphatic rings. The van der Waals surface area contributed by atoms with Crippen LogP contribution in [-0.2, 0) is 13.1 Å². The van der Waals surface area contributed by atoms with Crippen molar-refractivity contribution < 1.29 is 0 Å². The topological polar surface area (TPSA) is 8.17 Å². The van der Waals surface area contributed by atoms with E-state index in [0.717, 1.165) is 19.6 Å². The van der Waals surface area contributed by atoms with Gasteiger partial charge in [0, 0.05) is 31.5 Å². The SMILES string of the molecule is Cc1ccc([C@@H]2c3cccn3CCCN2Cc2c(C)cccc2C)cc1. The van der Waals surface area contributed by atoms with Gasteiger partial charge in [0.1, 0.15) is 0 Å². The van der Waals surface area contributed by atoms with Crippen LogP contribution < -0.4 is 0 Å². The zero-order valence-corrected chi connectivity index (χ0v) is 16.1. The van der Waals surface area contributed by atoms with Crippen LogP contribution in [0, 0.1) is 20.8 Å². The molecule has 1 aromatic heterocycles. The Labute approximate surface area is 157 Å². The molecule has 0 unspecified atom stereocenters. The first-order valence-electron chi connectivity index (χ1n) is 9.64. The predicted octanol–water partition coefficient (Wildman–Crippen LogP) is 5.41. The molecular formula is C24H28N2. The highest BCUT2D eigenvalue weighted by Crippen LogP contribution is 2.34. The molecule has 1 aliphatic heterocycles. The van der Waals surface area contributed by atoms with Crippen molar-refractivity contribution in [1.29, 1.82) is 0 Å². The molecule has 2 heterocycles. The number of hydrogen-bond donors (Lipinski definition) is 0. The number of aryl methyl sites for hydroxylation is 4. The number of aromatic nitrogens is 1. The van der Waals surface area contributed by atoms with Crippen LogP contribution in [0.4, 0.5) is 0 Å². The van der Waals surface area contributed by atoms with Crippen LogP contribution in [0.2, 0.25) is 0 Å². The van der Waals surface area contributed by atoms with Crippen LogP contribution in [0.25, 0.3) is 0 Å². The second-order valence-corrected chi connectivity index (χ2v) is 7.63. The Hall–Kier alpha value is -2.32. The minimum atomic E-state index is 0.312. The maximum absolute atomic E-state index is 2.67. The van der Waals surface area contributed by atoms with Crippen molar-refractivity contribution in [1.82, 2.24) is 9.47 Å². The van der Waals surface area contributed by atoms with E-state index < -0.39 is 0 Å². The molecule has 2 heteroatoms. The largest absolute Gasteiger partial charge is 0.350 e. The zero-order valence-electron chi connectivity index (χ0n) is 16.1. The summed E-state index contributed by atoms with van der Waals surface area (Å²) in [5, 5.41) is 0. The van der Waals surface area contributed by atoms with Gasteiger partial charge in [-0.3, -0.25) is 4.90 Å². The average molecular weight is 345 g/mol. The lowest BCUT2D eigenvalue weighted by atomic mass is 9.97. The van der Waals surface area contributed by atoms with Crippen molar-refractivity contribution in [2.75, 3.05) is 6.54 Å². The molecule has 0 radical (unpaired) electrons. The number of benzene rings is 2. The van der Waals surface area contributed by atoms with E-state index in [9.17, 15) is 0 Å². The van der Waals surface area contributed by atoms with Gasteiger partial charge in [0.15, 0.2) is 0 Å². The van der Waals surface area contributed by atoms with Crippen molar-refractivity contribution >= 4 is 0 Å².